The number of halogens is 1. The van der Waals surface area contributed by atoms with Gasteiger partial charge < -0.3 is 14.2 Å². The van der Waals surface area contributed by atoms with Crippen LogP contribution in [0.1, 0.15) is 23.0 Å². The molecule has 188 valence electrons. The van der Waals surface area contributed by atoms with Crippen LogP contribution < -0.4 is 4.74 Å². The number of rotatable bonds is 6. The molecule has 0 radical (unpaired) electrons. The molecule has 0 unspecified atom stereocenters. The molecule has 2 aromatic carbocycles. The zero-order chi connectivity index (χ0) is 25.4. The lowest BCUT2D eigenvalue weighted by Gasteiger charge is -2.39. The van der Waals surface area contributed by atoms with E-state index in [1.54, 1.807) is 42.2 Å². The predicted octanol–water partition coefficient (Wildman–Crippen LogP) is 4.43. The maximum absolute atomic E-state index is 14.4. The Balaban J connectivity index is 1.38. The number of carbonyl (C=O) groups is 1. The van der Waals surface area contributed by atoms with Gasteiger partial charge in [-0.3, -0.25) is 4.79 Å². The van der Waals surface area contributed by atoms with E-state index < -0.39 is 16.1 Å². The highest BCUT2D eigenvalue weighted by Crippen LogP contribution is 2.29. The van der Waals surface area contributed by atoms with Crippen molar-refractivity contribution < 1.29 is 22.3 Å². The van der Waals surface area contributed by atoms with Gasteiger partial charge in [-0.05, 0) is 54.8 Å². The lowest BCUT2D eigenvalue weighted by atomic mass is 10.2. The minimum absolute atomic E-state index is 0.184. The minimum atomic E-state index is -3.72. The highest BCUT2D eigenvalue weighted by atomic mass is 32.2. The second kappa shape index (κ2) is 9.68. The van der Waals surface area contributed by atoms with Crippen molar-refractivity contribution in [3.05, 3.63) is 83.1 Å². The molecule has 1 fully saturated rings. The van der Waals surface area contributed by atoms with Crippen LogP contribution in [0.2, 0.25) is 0 Å². The van der Waals surface area contributed by atoms with Gasteiger partial charge in [-0.25, -0.2) is 12.8 Å². The number of sulfonamides is 1. The van der Waals surface area contributed by atoms with Crippen molar-refractivity contribution in [2.45, 2.75) is 24.4 Å². The molecule has 2 aromatic heterocycles. The number of hydrogen-bond acceptors (Lipinski definition) is 5. The van der Waals surface area contributed by atoms with E-state index in [2.05, 4.69) is 0 Å². The number of benzene rings is 2. The summed E-state index contributed by atoms with van der Waals surface area (Å²) < 4.78 is 49.3. The van der Waals surface area contributed by atoms with Crippen LogP contribution in [0.3, 0.4) is 0 Å². The highest BCUT2D eigenvalue weighted by Gasteiger charge is 2.36. The van der Waals surface area contributed by atoms with Crippen LogP contribution in [0.5, 0.6) is 5.75 Å². The first-order chi connectivity index (χ1) is 17.3. The standard InChI is InChI=1S/C26H26FN3O4S2/c1-18-16-28(12-13-30(18)36(32,33)22-9-7-21(34-2)8-10-22)25(31)24-15-19-11-14-35-26(19)29(24)17-20-5-3-4-6-23(20)27/h3-11,14-15,18H,12-13,16-17H2,1-2H3/t18-/m1/s1. The van der Waals surface area contributed by atoms with Crippen LogP contribution in [-0.2, 0) is 16.6 Å². The Morgan fingerprint density at radius 2 is 1.86 bits per heavy atom. The number of fused-ring (bicyclic) bond motifs is 1. The average molecular weight is 528 g/mol. The highest BCUT2D eigenvalue weighted by molar-refractivity contribution is 7.89. The Morgan fingerprint density at radius 1 is 1.11 bits per heavy atom. The van der Waals surface area contributed by atoms with Gasteiger partial charge in [0.15, 0.2) is 0 Å². The zero-order valence-corrected chi connectivity index (χ0v) is 21.6. The molecular weight excluding hydrogens is 501 g/mol. The van der Waals surface area contributed by atoms with Crippen LogP contribution in [0.4, 0.5) is 4.39 Å². The third kappa shape index (κ3) is 4.40. The number of piperazine rings is 1. The van der Waals surface area contributed by atoms with Crippen molar-refractivity contribution in [3.63, 3.8) is 0 Å². The molecule has 1 atom stereocenters. The smallest absolute Gasteiger partial charge is 0.270 e. The molecule has 1 aliphatic rings. The van der Waals surface area contributed by atoms with E-state index in [1.807, 2.05) is 22.1 Å². The molecule has 5 rings (SSSR count). The van der Waals surface area contributed by atoms with Crippen molar-refractivity contribution >= 4 is 37.5 Å². The van der Waals surface area contributed by atoms with E-state index in [4.69, 9.17) is 4.74 Å². The largest absolute Gasteiger partial charge is 0.497 e. The normalized spacial score (nSPS) is 17.0. The van der Waals surface area contributed by atoms with Crippen LogP contribution in [0.15, 0.2) is 70.9 Å². The molecular formula is C26H26FN3O4S2. The van der Waals surface area contributed by atoms with E-state index in [9.17, 15) is 17.6 Å². The number of thiophene rings is 1. The van der Waals surface area contributed by atoms with E-state index in [-0.39, 0.29) is 42.8 Å². The molecule has 4 aromatic rings. The average Bonchev–Trinajstić information content (AvgIpc) is 3.47. The molecule has 0 bridgehead atoms. The number of aromatic nitrogens is 1. The van der Waals surface area contributed by atoms with Gasteiger partial charge in [0.05, 0.1) is 18.6 Å². The van der Waals surface area contributed by atoms with Gasteiger partial charge in [-0.1, -0.05) is 18.2 Å². The Bertz CT molecular complexity index is 1510. The van der Waals surface area contributed by atoms with Gasteiger partial charge in [0.25, 0.3) is 5.91 Å². The maximum Gasteiger partial charge on any atom is 0.270 e. The molecule has 36 heavy (non-hydrogen) atoms. The van der Waals surface area contributed by atoms with Crippen LogP contribution in [-0.4, -0.2) is 60.9 Å². The van der Waals surface area contributed by atoms with Gasteiger partial charge >= 0.3 is 0 Å². The first-order valence-electron chi connectivity index (χ1n) is 11.5. The number of hydrogen-bond donors (Lipinski definition) is 0. The summed E-state index contributed by atoms with van der Waals surface area (Å²) in [6.45, 7) is 2.74. The van der Waals surface area contributed by atoms with Gasteiger partial charge in [0, 0.05) is 36.6 Å². The molecule has 3 heterocycles. The van der Waals surface area contributed by atoms with Crippen molar-refractivity contribution in [3.8, 4) is 5.75 Å². The molecule has 0 N–H and O–H groups in total. The van der Waals surface area contributed by atoms with Crippen LogP contribution in [0, 0.1) is 5.82 Å². The molecule has 1 saturated heterocycles. The molecule has 10 heteroatoms. The molecule has 1 amide bonds. The molecule has 0 aliphatic carbocycles. The third-order valence-corrected chi connectivity index (χ3v) is 9.51. The van der Waals surface area contributed by atoms with Gasteiger partial charge in [-0.2, -0.15) is 4.31 Å². The minimum Gasteiger partial charge on any atom is -0.497 e. The summed E-state index contributed by atoms with van der Waals surface area (Å²) in [4.78, 5) is 16.4. The van der Waals surface area contributed by atoms with E-state index in [0.717, 1.165) is 10.2 Å². The van der Waals surface area contributed by atoms with Crippen molar-refractivity contribution in [1.29, 1.82) is 0 Å². The van der Waals surface area contributed by atoms with E-state index in [0.29, 0.717) is 17.0 Å². The quantitative estimate of drug-likeness (QED) is 0.372. The monoisotopic (exact) mass is 527 g/mol. The van der Waals surface area contributed by atoms with Crippen LogP contribution >= 0.6 is 11.3 Å². The fourth-order valence-corrected chi connectivity index (χ4v) is 7.14. The van der Waals surface area contributed by atoms with Crippen molar-refractivity contribution in [1.82, 2.24) is 13.8 Å². The summed E-state index contributed by atoms with van der Waals surface area (Å²) in [5, 5.41) is 2.87. The van der Waals surface area contributed by atoms with E-state index in [1.165, 1.54) is 41.0 Å². The Morgan fingerprint density at radius 3 is 2.56 bits per heavy atom. The van der Waals surface area contributed by atoms with E-state index >= 15 is 0 Å². The second-order valence-electron chi connectivity index (χ2n) is 8.78. The van der Waals surface area contributed by atoms with Gasteiger partial charge in [-0.15, -0.1) is 11.3 Å². The fraction of sp³-hybridized carbons (Fsp3) is 0.269. The summed E-state index contributed by atoms with van der Waals surface area (Å²) in [6, 6.07) is 16.2. The number of ether oxygens (including phenoxy) is 1. The second-order valence-corrected chi connectivity index (χ2v) is 11.6. The summed E-state index contributed by atoms with van der Waals surface area (Å²) >= 11 is 1.50. The Kier molecular flexibility index (Phi) is 6.59. The summed E-state index contributed by atoms with van der Waals surface area (Å²) in [7, 11) is -2.19. The first-order valence-corrected chi connectivity index (χ1v) is 13.9. The molecule has 7 nitrogen and oxygen atoms in total. The Labute approximate surface area is 213 Å². The predicted molar refractivity (Wildman–Crippen MR) is 138 cm³/mol. The first kappa shape index (κ1) is 24.5. The third-order valence-electron chi connectivity index (χ3n) is 6.53. The van der Waals surface area contributed by atoms with Gasteiger partial charge in [0.2, 0.25) is 10.0 Å². The lowest BCUT2D eigenvalue weighted by molar-refractivity contribution is 0.0632. The molecule has 0 saturated carbocycles. The summed E-state index contributed by atoms with van der Waals surface area (Å²) in [5.41, 5.74) is 0.972. The lowest BCUT2D eigenvalue weighted by Crippen LogP contribution is -2.55. The van der Waals surface area contributed by atoms with Crippen LogP contribution in [0.25, 0.3) is 10.2 Å². The summed E-state index contributed by atoms with van der Waals surface area (Å²) in [6.07, 6.45) is 0. The zero-order valence-electron chi connectivity index (χ0n) is 19.9. The van der Waals surface area contributed by atoms with Gasteiger partial charge in [0.1, 0.15) is 22.1 Å². The van der Waals surface area contributed by atoms with Crippen molar-refractivity contribution in [2.24, 2.45) is 0 Å². The summed E-state index contributed by atoms with van der Waals surface area (Å²) in [5.74, 6) is 0.0686. The van der Waals surface area contributed by atoms with Crippen molar-refractivity contribution in [2.75, 3.05) is 26.7 Å². The topological polar surface area (TPSA) is 71.9 Å². The number of methoxy groups -OCH3 is 1. The number of nitrogens with zero attached hydrogens (tertiary/aromatic N) is 3. The fourth-order valence-electron chi connectivity index (χ4n) is 4.63. The molecule has 0 spiro atoms. The SMILES string of the molecule is COc1ccc(S(=O)(=O)N2CCN(C(=O)c3cc4ccsc4n3Cc3ccccc3F)C[C@H]2C)cc1. The molecule has 1 aliphatic heterocycles. The number of carbonyl (C=O) groups excluding carboxylic acids is 1. The number of amides is 1. The Hall–Kier alpha value is -3.21. The maximum atomic E-state index is 14.4.